The smallest absolute Gasteiger partial charge is 0.272 e. The molecule has 2 heterocycles. The van der Waals surface area contributed by atoms with Gasteiger partial charge in [-0.15, -0.1) is 18.9 Å². The van der Waals surface area contributed by atoms with E-state index in [1.165, 1.54) is 29.6 Å². The third kappa shape index (κ3) is 10.8. The lowest BCUT2D eigenvalue weighted by atomic mass is 9.82. The molecule has 0 radical (unpaired) electrons. The summed E-state index contributed by atoms with van der Waals surface area (Å²) in [4.78, 5) is 77.9. The van der Waals surface area contributed by atoms with Crippen LogP contribution in [0.3, 0.4) is 0 Å². The van der Waals surface area contributed by atoms with E-state index in [1.54, 1.807) is 0 Å². The van der Waals surface area contributed by atoms with Crippen LogP contribution in [0, 0.1) is 35.5 Å². The third-order valence-corrected chi connectivity index (χ3v) is 9.75. The van der Waals surface area contributed by atoms with Crippen LogP contribution >= 0.6 is 0 Å². The second-order valence-electron chi connectivity index (χ2n) is 14.8. The zero-order valence-corrected chi connectivity index (χ0v) is 30.1. The van der Waals surface area contributed by atoms with Crippen LogP contribution < -0.4 is 21.3 Å². The zero-order valence-electron chi connectivity index (χ0n) is 30.1. The summed E-state index contributed by atoms with van der Waals surface area (Å²) in [6, 6.07) is -3.86. The van der Waals surface area contributed by atoms with E-state index in [4.69, 9.17) is 6.42 Å². The topological polar surface area (TPSA) is 183 Å². The number of terminal acetylenes is 1. The number of carbonyl (C=O) groups excluding carboxylic acids is 5. The van der Waals surface area contributed by atoms with Crippen LogP contribution in [-0.2, 0) is 19.2 Å². The number of rotatable bonds is 15. The minimum Gasteiger partial charge on any atom is -0.381 e. The average molecular weight is 694 g/mol. The van der Waals surface area contributed by atoms with Gasteiger partial charge in [0.25, 0.3) is 11.8 Å². The Morgan fingerprint density at radius 1 is 1.06 bits per heavy atom. The summed E-state index contributed by atoms with van der Waals surface area (Å²) in [5.41, 5.74) is -0.691. The largest absolute Gasteiger partial charge is 0.381 e. The van der Waals surface area contributed by atoms with Crippen LogP contribution in [0.1, 0.15) is 96.5 Å². The highest BCUT2D eigenvalue weighted by Gasteiger charge is 2.47. The molecule has 1 aromatic rings. The van der Waals surface area contributed by atoms with Crippen LogP contribution in [0.15, 0.2) is 31.2 Å². The molecule has 1 aliphatic heterocycles. The Morgan fingerprint density at radius 3 is 2.34 bits per heavy atom. The molecule has 5 amide bonds. The highest BCUT2D eigenvalue weighted by Crippen LogP contribution is 2.33. The van der Waals surface area contributed by atoms with Crippen LogP contribution in [0.5, 0.6) is 0 Å². The van der Waals surface area contributed by atoms with Crippen molar-refractivity contribution in [2.45, 2.75) is 116 Å². The predicted octanol–water partition coefficient (Wildman–Crippen LogP) is 2.12. The fraction of sp³-hybridized carbons (Fsp3) is 0.649. The third-order valence-electron chi connectivity index (χ3n) is 9.75. The minimum atomic E-state index is -1.57. The number of nitrogens with one attached hydrogen (secondary N) is 4. The van der Waals surface area contributed by atoms with Gasteiger partial charge in [0.05, 0.1) is 12.2 Å². The van der Waals surface area contributed by atoms with Crippen molar-refractivity contribution in [3.05, 3.63) is 36.9 Å². The summed E-state index contributed by atoms with van der Waals surface area (Å²) >= 11 is 0. The number of likely N-dealkylation sites (tertiary alicyclic amines) is 1. The van der Waals surface area contributed by atoms with Gasteiger partial charge in [-0.25, -0.2) is 4.98 Å². The number of hydrogen-bond donors (Lipinski definition) is 5. The maximum Gasteiger partial charge on any atom is 0.272 e. The first-order valence-corrected chi connectivity index (χ1v) is 17.7. The van der Waals surface area contributed by atoms with Gasteiger partial charge >= 0.3 is 0 Å². The molecule has 1 aromatic heterocycles. The van der Waals surface area contributed by atoms with E-state index in [-0.39, 0.29) is 49.4 Å². The highest BCUT2D eigenvalue weighted by atomic mass is 16.3. The lowest BCUT2D eigenvalue weighted by Gasteiger charge is -2.38. The fourth-order valence-electron chi connectivity index (χ4n) is 6.67. The van der Waals surface area contributed by atoms with Gasteiger partial charge in [0.1, 0.15) is 23.8 Å². The molecular weight excluding hydrogens is 638 g/mol. The van der Waals surface area contributed by atoms with E-state index in [0.29, 0.717) is 6.42 Å². The van der Waals surface area contributed by atoms with E-state index in [0.717, 1.165) is 32.1 Å². The molecular formula is C37H55N7O6. The molecule has 0 spiro atoms. The van der Waals surface area contributed by atoms with E-state index in [2.05, 4.69) is 43.7 Å². The summed E-state index contributed by atoms with van der Waals surface area (Å²) in [7, 11) is 0. The number of aliphatic hydroxyl groups excluding tert-OH is 1. The number of nitrogens with zero attached hydrogens (tertiary/aromatic N) is 3. The first-order valence-electron chi connectivity index (χ1n) is 17.7. The van der Waals surface area contributed by atoms with E-state index in [1.807, 2.05) is 34.6 Å². The van der Waals surface area contributed by atoms with Crippen molar-refractivity contribution >= 4 is 29.5 Å². The Morgan fingerprint density at radius 2 is 1.76 bits per heavy atom. The normalized spacial score (nSPS) is 20.5. The van der Waals surface area contributed by atoms with Crippen LogP contribution in [-0.4, -0.2) is 92.9 Å². The lowest BCUT2D eigenvalue weighted by Crippen LogP contribution is -2.62. The van der Waals surface area contributed by atoms with E-state index >= 15 is 0 Å². The van der Waals surface area contributed by atoms with Crippen molar-refractivity contribution in [3.8, 4) is 12.3 Å². The Balaban J connectivity index is 1.89. The lowest BCUT2D eigenvalue weighted by molar-refractivity contribution is -0.145. The quantitative estimate of drug-likeness (QED) is 0.137. The summed E-state index contributed by atoms with van der Waals surface area (Å²) < 4.78 is 0. The van der Waals surface area contributed by atoms with Gasteiger partial charge in [0.2, 0.25) is 17.7 Å². The van der Waals surface area contributed by atoms with Gasteiger partial charge in [-0.2, -0.15) is 0 Å². The number of amides is 5. The molecule has 1 saturated heterocycles. The molecule has 50 heavy (non-hydrogen) atoms. The summed E-state index contributed by atoms with van der Waals surface area (Å²) in [6.07, 6.45) is 14.6. The molecule has 2 fully saturated rings. The number of hydrogen-bond acceptors (Lipinski definition) is 8. The van der Waals surface area contributed by atoms with Gasteiger partial charge in [0.15, 0.2) is 6.10 Å². The Labute approximate surface area is 296 Å². The monoisotopic (exact) mass is 693 g/mol. The van der Waals surface area contributed by atoms with E-state index < -0.39 is 65.2 Å². The summed E-state index contributed by atoms with van der Waals surface area (Å²) in [6.45, 7) is 13.5. The van der Waals surface area contributed by atoms with Gasteiger partial charge in [0, 0.05) is 31.9 Å². The molecule has 2 aliphatic rings. The predicted molar refractivity (Wildman–Crippen MR) is 189 cm³/mol. The van der Waals surface area contributed by atoms with Crippen LogP contribution in [0.2, 0.25) is 0 Å². The Kier molecular flexibility index (Phi) is 14.9. The average Bonchev–Trinajstić information content (AvgIpc) is 3.56. The molecule has 5 N–H and O–H groups in total. The van der Waals surface area contributed by atoms with Crippen LogP contribution in [0.25, 0.3) is 0 Å². The van der Waals surface area contributed by atoms with Crippen molar-refractivity contribution < 1.29 is 29.1 Å². The number of aromatic nitrogens is 2. The van der Waals surface area contributed by atoms with Crippen molar-refractivity contribution in [2.24, 2.45) is 23.2 Å². The van der Waals surface area contributed by atoms with Gasteiger partial charge in [-0.3, -0.25) is 29.0 Å². The molecule has 13 heteroatoms. The second-order valence-corrected chi connectivity index (χ2v) is 14.8. The molecule has 274 valence electrons. The molecule has 13 nitrogen and oxygen atoms in total. The number of aliphatic hydroxyl groups is 1. The van der Waals surface area contributed by atoms with Gasteiger partial charge in [-0.1, -0.05) is 60.0 Å². The first-order chi connectivity index (χ1) is 23.7. The fourth-order valence-corrected chi connectivity index (χ4v) is 6.67. The van der Waals surface area contributed by atoms with Gasteiger partial charge < -0.3 is 31.3 Å². The maximum atomic E-state index is 14.5. The molecule has 1 aliphatic carbocycles. The Hall–Kier alpha value is -4.31. The van der Waals surface area contributed by atoms with Crippen molar-refractivity contribution in [1.82, 2.24) is 36.1 Å². The summed E-state index contributed by atoms with van der Waals surface area (Å²) in [5, 5.41) is 22.0. The van der Waals surface area contributed by atoms with Crippen molar-refractivity contribution in [3.63, 3.8) is 0 Å². The number of carbonyl (C=O) groups is 5. The second kappa shape index (κ2) is 18.6. The van der Waals surface area contributed by atoms with Crippen molar-refractivity contribution in [1.29, 1.82) is 0 Å². The van der Waals surface area contributed by atoms with Gasteiger partial charge in [-0.05, 0) is 48.9 Å². The standard InChI is InChI=1S/C37H55N7O6/c1-8-10-16-26(30(45)35(49)40-17-9-2)41-33(47)28-20-25(23(3)4)22-44(28)36(50)31(37(5,6)7)43-34(48)29(24-14-12-11-13-15-24)42-32(46)27-21-38-18-19-39-27/h1,9,18-19,21,23-26,28-31,45H,2,10-17,20,22H2,3-7H3,(H,40,49)(H,41,47)(H,42,46)(H,43,48)/t25-,26?,28+,29+,30?,31-/m1/s1. The Bertz CT molecular complexity index is 1380. The summed E-state index contributed by atoms with van der Waals surface area (Å²) in [5.74, 6) is -0.162. The zero-order chi connectivity index (χ0) is 37.0. The highest BCUT2D eigenvalue weighted by molar-refractivity contribution is 5.98. The SMILES string of the molecule is C#CCCC(NC(=O)[C@@H]1C[C@@H](C(C)C)CN1C(=O)[C@@H](NC(=O)[C@@H](NC(=O)c1cnccn1)C1CCCCC1)C(C)(C)C)C(O)C(=O)NCC=C. The van der Waals surface area contributed by atoms with Crippen molar-refractivity contribution in [2.75, 3.05) is 13.1 Å². The van der Waals surface area contributed by atoms with E-state index in [9.17, 15) is 29.1 Å². The molecule has 1 saturated carbocycles. The molecule has 0 aromatic carbocycles. The molecule has 2 unspecified atom stereocenters. The van der Waals surface area contributed by atoms with Crippen LogP contribution in [0.4, 0.5) is 0 Å². The first kappa shape index (κ1) is 40.1. The minimum absolute atomic E-state index is 0.0164. The molecule has 0 bridgehead atoms. The molecule has 6 atom stereocenters. The maximum absolute atomic E-state index is 14.5. The molecule has 3 rings (SSSR count).